The monoisotopic (exact) mass is 351 g/mol. The molecular weight excluding hydrogens is 334 g/mol. The minimum Gasteiger partial charge on any atom is -0.478 e. The van der Waals surface area contributed by atoms with E-state index < -0.39 is 11.5 Å². The Bertz CT molecular complexity index is 851. The second-order valence-corrected chi connectivity index (χ2v) is 6.48. The minimum absolute atomic E-state index is 0.0165. The predicted octanol–water partition coefficient (Wildman–Crippen LogP) is 0.760. The Hall–Kier alpha value is -2.26. The van der Waals surface area contributed by atoms with Gasteiger partial charge in [0.2, 0.25) is 5.91 Å². The van der Waals surface area contributed by atoms with Crippen molar-refractivity contribution in [2.24, 2.45) is 0 Å². The van der Waals surface area contributed by atoms with Crippen molar-refractivity contribution in [1.29, 1.82) is 0 Å². The van der Waals surface area contributed by atoms with Crippen molar-refractivity contribution in [3.8, 4) is 0 Å². The third kappa shape index (κ3) is 3.17. The number of hydrogen-bond acceptors (Lipinski definition) is 6. The van der Waals surface area contributed by atoms with Gasteiger partial charge in [-0.15, -0.1) is 11.3 Å². The molecule has 8 nitrogen and oxygen atoms in total. The maximum Gasteiger partial charge on any atom is 0.337 e. The summed E-state index contributed by atoms with van der Waals surface area (Å²) in [7, 11) is 0. The van der Waals surface area contributed by atoms with Crippen molar-refractivity contribution in [2.75, 3.05) is 13.2 Å². The molecule has 1 fully saturated rings. The number of carboxylic acid groups (broad SMARTS) is 1. The van der Waals surface area contributed by atoms with Crippen LogP contribution in [0, 0.1) is 6.92 Å². The first kappa shape index (κ1) is 16.6. The lowest BCUT2D eigenvalue weighted by Crippen LogP contribution is -2.37. The Kier molecular flexibility index (Phi) is 4.63. The fourth-order valence-electron chi connectivity index (χ4n) is 2.70. The fraction of sp³-hybridized carbons (Fsp3) is 0.467. The van der Waals surface area contributed by atoms with Gasteiger partial charge in [-0.3, -0.25) is 14.2 Å². The van der Waals surface area contributed by atoms with Crippen LogP contribution in [-0.2, 0) is 16.1 Å². The van der Waals surface area contributed by atoms with Crippen molar-refractivity contribution in [2.45, 2.75) is 32.4 Å². The molecule has 0 radical (unpaired) electrons. The third-order valence-electron chi connectivity index (χ3n) is 3.97. The number of rotatable bonds is 5. The predicted molar refractivity (Wildman–Crippen MR) is 87.6 cm³/mol. The van der Waals surface area contributed by atoms with Crippen LogP contribution in [0.4, 0.5) is 0 Å². The average Bonchev–Trinajstić information content (AvgIpc) is 3.18. The van der Waals surface area contributed by atoms with Crippen LogP contribution in [0.1, 0.15) is 29.0 Å². The standard InChI is InChI=1S/C15H17N3O5S/c1-8-17-13-12(10(7-24-13)15(21)22)14(20)18(8)6-11(19)16-5-9-3-2-4-23-9/h7,9H,2-6H2,1H3,(H,16,19)(H,21,22). The molecule has 0 saturated carbocycles. The number of aryl methyl sites for hydroxylation is 1. The van der Waals surface area contributed by atoms with Crippen LogP contribution in [0.15, 0.2) is 10.2 Å². The van der Waals surface area contributed by atoms with Gasteiger partial charge >= 0.3 is 5.97 Å². The van der Waals surface area contributed by atoms with E-state index in [2.05, 4.69) is 10.3 Å². The topological polar surface area (TPSA) is 111 Å². The number of carbonyl (C=O) groups is 2. The summed E-state index contributed by atoms with van der Waals surface area (Å²) < 4.78 is 6.63. The van der Waals surface area contributed by atoms with Gasteiger partial charge in [-0.25, -0.2) is 9.78 Å². The number of hydrogen-bond donors (Lipinski definition) is 2. The number of amides is 1. The van der Waals surface area contributed by atoms with E-state index in [1.54, 1.807) is 6.92 Å². The highest BCUT2D eigenvalue weighted by Crippen LogP contribution is 2.21. The molecule has 24 heavy (non-hydrogen) atoms. The summed E-state index contributed by atoms with van der Waals surface area (Å²) in [5.74, 6) is -1.14. The summed E-state index contributed by atoms with van der Waals surface area (Å²) >= 11 is 1.10. The highest BCUT2D eigenvalue weighted by molar-refractivity contribution is 7.17. The van der Waals surface area contributed by atoms with Gasteiger partial charge in [0.1, 0.15) is 17.2 Å². The summed E-state index contributed by atoms with van der Waals surface area (Å²) in [4.78, 5) is 40.5. The summed E-state index contributed by atoms with van der Waals surface area (Å²) in [6.45, 7) is 2.53. The number of nitrogens with zero attached hydrogens (tertiary/aromatic N) is 2. The number of carboxylic acids is 1. The number of ether oxygens (including phenoxy) is 1. The zero-order chi connectivity index (χ0) is 17.3. The summed E-state index contributed by atoms with van der Waals surface area (Å²) in [6.07, 6.45) is 1.90. The highest BCUT2D eigenvalue weighted by Gasteiger charge is 2.20. The molecule has 1 aliphatic heterocycles. The molecule has 3 rings (SSSR count). The molecule has 128 valence electrons. The van der Waals surface area contributed by atoms with Crippen LogP contribution < -0.4 is 10.9 Å². The lowest BCUT2D eigenvalue weighted by molar-refractivity contribution is -0.122. The van der Waals surface area contributed by atoms with E-state index in [-0.39, 0.29) is 29.5 Å². The number of nitrogens with one attached hydrogen (secondary N) is 1. The molecule has 2 aromatic heterocycles. The van der Waals surface area contributed by atoms with E-state index in [4.69, 9.17) is 4.74 Å². The minimum atomic E-state index is -1.18. The first-order valence-corrected chi connectivity index (χ1v) is 8.45. The number of aromatic nitrogens is 2. The largest absolute Gasteiger partial charge is 0.478 e. The van der Waals surface area contributed by atoms with Crippen molar-refractivity contribution in [1.82, 2.24) is 14.9 Å². The third-order valence-corrected chi connectivity index (χ3v) is 4.84. The molecule has 3 heterocycles. The molecule has 0 aliphatic carbocycles. The van der Waals surface area contributed by atoms with Crippen LogP contribution >= 0.6 is 11.3 Å². The Labute approximate surface area is 141 Å². The van der Waals surface area contributed by atoms with Crippen LogP contribution in [0.5, 0.6) is 0 Å². The van der Waals surface area contributed by atoms with E-state index in [0.29, 0.717) is 23.8 Å². The SMILES string of the molecule is Cc1nc2scc(C(=O)O)c2c(=O)n1CC(=O)NCC1CCCO1. The van der Waals surface area contributed by atoms with Gasteiger partial charge in [0, 0.05) is 18.5 Å². The van der Waals surface area contributed by atoms with E-state index in [1.807, 2.05) is 0 Å². The van der Waals surface area contributed by atoms with Crippen LogP contribution in [-0.4, -0.2) is 45.8 Å². The maximum absolute atomic E-state index is 12.6. The summed E-state index contributed by atoms with van der Waals surface area (Å²) in [5.41, 5.74) is -0.593. The van der Waals surface area contributed by atoms with E-state index >= 15 is 0 Å². The molecule has 2 N–H and O–H groups in total. The molecule has 0 spiro atoms. The maximum atomic E-state index is 12.6. The lowest BCUT2D eigenvalue weighted by Gasteiger charge is -2.13. The van der Waals surface area contributed by atoms with Gasteiger partial charge in [0.05, 0.1) is 17.1 Å². The Morgan fingerprint density at radius 2 is 2.33 bits per heavy atom. The van der Waals surface area contributed by atoms with Gasteiger partial charge in [-0.2, -0.15) is 0 Å². The molecular formula is C15H17N3O5S. The highest BCUT2D eigenvalue weighted by atomic mass is 32.1. The molecule has 1 aliphatic rings. The van der Waals surface area contributed by atoms with Gasteiger partial charge < -0.3 is 15.2 Å². The molecule has 2 aromatic rings. The van der Waals surface area contributed by atoms with Crippen LogP contribution in [0.25, 0.3) is 10.2 Å². The lowest BCUT2D eigenvalue weighted by atomic mass is 10.2. The van der Waals surface area contributed by atoms with Crippen molar-refractivity contribution < 1.29 is 19.4 Å². The Morgan fingerprint density at radius 3 is 3.00 bits per heavy atom. The normalized spacial score (nSPS) is 17.3. The van der Waals surface area contributed by atoms with Gasteiger partial charge in [-0.1, -0.05) is 0 Å². The zero-order valence-electron chi connectivity index (χ0n) is 13.1. The summed E-state index contributed by atoms with van der Waals surface area (Å²) in [6, 6.07) is 0. The van der Waals surface area contributed by atoms with Gasteiger partial charge in [-0.05, 0) is 19.8 Å². The number of thiophene rings is 1. The van der Waals surface area contributed by atoms with Crippen LogP contribution in [0.3, 0.4) is 0 Å². The fourth-order valence-corrected chi connectivity index (χ4v) is 3.65. The average molecular weight is 351 g/mol. The van der Waals surface area contributed by atoms with Gasteiger partial charge in [0.15, 0.2) is 0 Å². The summed E-state index contributed by atoms with van der Waals surface area (Å²) in [5, 5.41) is 13.4. The molecule has 1 saturated heterocycles. The first-order chi connectivity index (χ1) is 11.5. The second-order valence-electron chi connectivity index (χ2n) is 5.62. The van der Waals surface area contributed by atoms with E-state index in [9.17, 15) is 19.5 Å². The number of fused-ring (bicyclic) bond motifs is 1. The van der Waals surface area contributed by atoms with E-state index in [1.165, 1.54) is 9.95 Å². The molecule has 1 amide bonds. The molecule has 9 heteroatoms. The Balaban J connectivity index is 1.83. The number of aromatic carboxylic acids is 1. The quantitative estimate of drug-likeness (QED) is 0.823. The molecule has 0 bridgehead atoms. The second kappa shape index (κ2) is 6.70. The first-order valence-electron chi connectivity index (χ1n) is 7.57. The molecule has 1 atom stereocenters. The molecule has 0 aromatic carbocycles. The van der Waals surface area contributed by atoms with E-state index in [0.717, 1.165) is 24.2 Å². The van der Waals surface area contributed by atoms with Gasteiger partial charge in [0.25, 0.3) is 5.56 Å². The Morgan fingerprint density at radius 1 is 1.54 bits per heavy atom. The van der Waals surface area contributed by atoms with Crippen molar-refractivity contribution in [3.05, 3.63) is 27.1 Å². The van der Waals surface area contributed by atoms with Crippen LogP contribution in [0.2, 0.25) is 0 Å². The number of carbonyl (C=O) groups excluding carboxylic acids is 1. The smallest absolute Gasteiger partial charge is 0.337 e. The zero-order valence-corrected chi connectivity index (χ0v) is 13.9. The van der Waals surface area contributed by atoms with Crippen molar-refractivity contribution >= 4 is 33.4 Å². The van der Waals surface area contributed by atoms with Crippen molar-refractivity contribution in [3.63, 3.8) is 0 Å². The molecule has 1 unspecified atom stereocenters.